The van der Waals surface area contributed by atoms with Gasteiger partial charge in [-0.1, -0.05) is 35.9 Å². The summed E-state index contributed by atoms with van der Waals surface area (Å²) < 4.78 is 14.0. The van der Waals surface area contributed by atoms with Crippen LogP contribution in [-0.4, -0.2) is 29.3 Å². The molecule has 3 aromatic rings. The van der Waals surface area contributed by atoms with Crippen LogP contribution in [0.15, 0.2) is 48.5 Å². The number of urea groups is 1. The summed E-state index contributed by atoms with van der Waals surface area (Å²) in [6.07, 6.45) is 0.385. The SMILES string of the molecule is NC(=O)c1c(NC(=O)c2ccccc2F)sc2c1CCN(C(=O)Nc1ccccc1Cl)C2. The fourth-order valence-corrected chi connectivity index (χ4v) is 4.94. The zero-order valence-corrected chi connectivity index (χ0v) is 18.2. The van der Waals surface area contributed by atoms with Gasteiger partial charge in [0.05, 0.1) is 28.4 Å². The van der Waals surface area contributed by atoms with Crippen LogP contribution < -0.4 is 16.4 Å². The van der Waals surface area contributed by atoms with Crippen molar-refractivity contribution in [2.24, 2.45) is 5.73 Å². The number of hydrogen-bond acceptors (Lipinski definition) is 4. The molecule has 0 saturated heterocycles. The minimum atomic E-state index is -0.694. The van der Waals surface area contributed by atoms with Gasteiger partial charge in [-0.2, -0.15) is 0 Å². The van der Waals surface area contributed by atoms with Crippen LogP contribution in [-0.2, 0) is 13.0 Å². The third-order valence-electron chi connectivity index (χ3n) is 5.05. The van der Waals surface area contributed by atoms with E-state index in [1.807, 2.05) is 0 Å². The summed E-state index contributed by atoms with van der Waals surface area (Å²) in [5.41, 5.74) is 6.81. The first kappa shape index (κ1) is 21.8. The van der Waals surface area contributed by atoms with Crippen molar-refractivity contribution >= 4 is 51.5 Å². The number of carbonyl (C=O) groups excluding carboxylic acids is 3. The number of thiophene rings is 1. The van der Waals surface area contributed by atoms with Crippen molar-refractivity contribution in [3.8, 4) is 0 Å². The molecule has 0 saturated carbocycles. The molecule has 0 bridgehead atoms. The molecule has 2 aromatic carbocycles. The number of amides is 4. The van der Waals surface area contributed by atoms with Gasteiger partial charge in [-0.25, -0.2) is 9.18 Å². The Bertz CT molecular complexity index is 1230. The van der Waals surface area contributed by atoms with E-state index in [0.717, 1.165) is 16.2 Å². The van der Waals surface area contributed by atoms with Gasteiger partial charge in [-0.3, -0.25) is 9.59 Å². The number of primary amides is 1. The number of halogens is 2. The summed E-state index contributed by atoms with van der Waals surface area (Å²) in [5, 5.41) is 6.03. The first-order valence-corrected chi connectivity index (χ1v) is 10.8. The summed E-state index contributed by atoms with van der Waals surface area (Å²) in [5.74, 6) is -2.05. The Morgan fingerprint density at radius 2 is 1.78 bits per heavy atom. The normalized spacial score (nSPS) is 12.8. The van der Waals surface area contributed by atoms with E-state index in [9.17, 15) is 18.8 Å². The fraction of sp³-hybridized carbons (Fsp3) is 0.136. The van der Waals surface area contributed by atoms with Gasteiger partial charge in [0, 0.05) is 11.4 Å². The third kappa shape index (κ3) is 4.30. The first-order valence-electron chi connectivity index (χ1n) is 9.66. The van der Waals surface area contributed by atoms with Gasteiger partial charge < -0.3 is 21.3 Å². The van der Waals surface area contributed by atoms with Gasteiger partial charge in [0.2, 0.25) is 0 Å². The number of nitrogens with zero attached hydrogens (tertiary/aromatic N) is 1. The zero-order chi connectivity index (χ0) is 22.8. The minimum absolute atomic E-state index is 0.143. The van der Waals surface area contributed by atoms with Gasteiger partial charge in [0.1, 0.15) is 10.8 Å². The van der Waals surface area contributed by atoms with E-state index >= 15 is 0 Å². The predicted molar refractivity (Wildman–Crippen MR) is 122 cm³/mol. The maximum atomic E-state index is 14.0. The predicted octanol–water partition coefficient (Wildman–Crippen LogP) is 4.48. The van der Waals surface area contributed by atoms with Crippen molar-refractivity contribution in [1.29, 1.82) is 0 Å². The van der Waals surface area contributed by atoms with Crippen LogP contribution in [0.4, 0.5) is 19.9 Å². The van der Waals surface area contributed by atoms with E-state index in [2.05, 4.69) is 10.6 Å². The molecule has 1 aliphatic heterocycles. The highest BCUT2D eigenvalue weighted by molar-refractivity contribution is 7.17. The van der Waals surface area contributed by atoms with E-state index in [-0.39, 0.29) is 28.7 Å². The van der Waals surface area contributed by atoms with Crippen LogP contribution in [0.2, 0.25) is 5.02 Å². The molecule has 0 radical (unpaired) electrons. The molecular weight excluding hydrogens is 455 g/mol. The molecule has 1 aromatic heterocycles. The standard InChI is InChI=1S/C22H18ClFN4O3S/c23-14-6-2-4-8-16(14)26-22(31)28-10-9-13-17(11-28)32-21(18(13)19(25)29)27-20(30)12-5-1-3-7-15(12)24/h1-8H,9-11H2,(H2,25,29)(H,26,31)(H,27,30). The number of nitrogens with one attached hydrogen (secondary N) is 2. The van der Waals surface area contributed by atoms with E-state index in [0.29, 0.717) is 29.2 Å². The van der Waals surface area contributed by atoms with Crippen molar-refractivity contribution in [3.05, 3.63) is 80.9 Å². The number of benzene rings is 2. The molecule has 164 valence electrons. The van der Waals surface area contributed by atoms with Crippen LogP contribution in [0.3, 0.4) is 0 Å². The van der Waals surface area contributed by atoms with E-state index in [1.54, 1.807) is 35.2 Å². The Balaban J connectivity index is 1.56. The van der Waals surface area contributed by atoms with E-state index in [1.165, 1.54) is 18.2 Å². The van der Waals surface area contributed by atoms with Crippen LogP contribution in [0.25, 0.3) is 0 Å². The maximum Gasteiger partial charge on any atom is 0.322 e. The lowest BCUT2D eigenvalue weighted by Gasteiger charge is -2.27. The maximum absolute atomic E-state index is 14.0. The Morgan fingerprint density at radius 3 is 2.50 bits per heavy atom. The summed E-state index contributed by atoms with van der Waals surface area (Å²) in [6, 6.07) is 12.1. The van der Waals surface area contributed by atoms with Gasteiger partial charge in [0.25, 0.3) is 11.8 Å². The molecule has 10 heteroatoms. The molecule has 0 atom stereocenters. The van der Waals surface area contributed by atoms with Crippen molar-refractivity contribution in [2.75, 3.05) is 17.2 Å². The number of para-hydroxylation sites is 1. The summed E-state index contributed by atoms with van der Waals surface area (Å²) >= 11 is 7.25. The Kier molecular flexibility index (Phi) is 6.11. The molecule has 0 aliphatic carbocycles. The second kappa shape index (κ2) is 8.97. The van der Waals surface area contributed by atoms with Gasteiger partial charge in [0.15, 0.2) is 0 Å². The lowest BCUT2D eigenvalue weighted by molar-refractivity contribution is 0.1000. The molecule has 0 fully saturated rings. The molecule has 4 amide bonds. The van der Waals surface area contributed by atoms with Gasteiger partial charge >= 0.3 is 6.03 Å². The highest BCUT2D eigenvalue weighted by Crippen LogP contribution is 2.37. The summed E-state index contributed by atoms with van der Waals surface area (Å²) in [6.45, 7) is 0.577. The van der Waals surface area contributed by atoms with Gasteiger partial charge in [-0.05, 0) is 36.2 Å². The molecule has 2 heterocycles. The topological polar surface area (TPSA) is 105 Å². The number of rotatable bonds is 4. The number of fused-ring (bicyclic) bond motifs is 1. The molecule has 0 unspecified atom stereocenters. The average molecular weight is 473 g/mol. The quantitative estimate of drug-likeness (QED) is 0.521. The lowest BCUT2D eigenvalue weighted by Crippen LogP contribution is -2.38. The summed E-state index contributed by atoms with van der Waals surface area (Å²) in [7, 11) is 0. The number of anilines is 2. The van der Waals surface area contributed by atoms with Crippen LogP contribution in [0.5, 0.6) is 0 Å². The Hall–Kier alpha value is -3.43. The molecule has 0 spiro atoms. The highest BCUT2D eigenvalue weighted by atomic mass is 35.5. The molecule has 4 rings (SSSR count). The number of hydrogen-bond donors (Lipinski definition) is 3. The first-order chi connectivity index (χ1) is 15.3. The van der Waals surface area contributed by atoms with Crippen LogP contribution in [0.1, 0.15) is 31.2 Å². The van der Waals surface area contributed by atoms with Crippen molar-refractivity contribution in [2.45, 2.75) is 13.0 Å². The number of carbonyl (C=O) groups is 3. The van der Waals surface area contributed by atoms with Crippen LogP contribution >= 0.6 is 22.9 Å². The molecule has 7 nitrogen and oxygen atoms in total. The third-order valence-corrected chi connectivity index (χ3v) is 6.51. The van der Waals surface area contributed by atoms with Gasteiger partial charge in [-0.15, -0.1) is 11.3 Å². The van der Waals surface area contributed by atoms with E-state index < -0.39 is 17.6 Å². The largest absolute Gasteiger partial charge is 0.365 e. The molecule has 32 heavy (non-hydrogen) atoms. The average Bonchev–Trinajstić information content (AvgIpc) is 3.12. The molecular formula is C22H18ClFN4O3S. The fourth-order valence-electron chi connectivity index (χ4n) is 3.50. The van der Waals surface area contributed by atoms with Crippen molar-refractivity contribution in [1.82, 2.24) is 4.90 Å². The molecule has 4 N–H and O–H groups in total. The van der Waals surface area contributed by atoms with Crippen LogP contribution in [0, 0.1) is 5.82 Å². The minimum Gasteiger partial charge on any atom is -0.365 e. The summed E-state index contributed by atoms with van der Waals surface area (Å²) in [4.78, 5) is 39.7. The van der Waals surface area contributed by atoms with E-state index in [4.69, 9.17) is 17.3 Å². The number of nitrogens with two attached hydrogens (primary N) is 1. The second-order valence-corrected chi connectivity index (χ2v) is 8.60. The van der Waals surface area contributed by atoms with Crippen molar-refractivity contribution < 1.29 is 18.8 Å². The van der Waals surface area contributed by atoms with Crippen molar-refractivity contribution in [3.63, 3.8) is 0 Å². The smallest absolute Gasteiger partial charge is 0.322 e. The molecule has 1 aliphatic rings. The zero-order valence-electron chi connectivity index (χ0n) is 16.7. The monoisotopic (exact) mass is 472 g/mol. The lowest BCUT2D eigenvalue weighted by atomic mass is 10.0. The Labute approximate surface area is 192 Å². The second-order valence-electron chi connectivity index (χ2n) is 7.09. The highest BCUT2D eigenvalue weighted by Gasteiger charge is 2.30. The Morgan fingerprint density at radius 1 is 1.06 bits per heavy atom.